The molecule has 0 aromatic carbocycles. The Morgan fingerprint density at radius 1 is 1.10 bits per heavy atom. The molecule has 2 unspecified atom stereocenters. The Bertz CT molecular complexity index is 706. The molecule has 2 aliphatic rings. The largest absolute Gasteiger partial charge is 0.355 e. The fourth-order valence-corrected chi connectivity index (χ4v) is 4.23. The molecule has 21 heavy (non-hydrogen) atoms. The highest BCUT2D eigenvalue weighted by atomic mass is 35.5. The summed E-state index contributed by atoms with van der Waals surface area (Å²) in [6.45, 7) is 4.04. The first-order valence-electron chi connectivity index (χ1n) is 7.35. The Morgan fingerprint density at radius 3 is 2.52 bits per heavy atom. The van der Waals surface area contributed by atoms with E-state index in [1.165, 1.54) is 19.3 Å². The van der Waals surface area contributed by atoms with E-state index in [-0.39, 0.29) is 5.28 Å². The number of hydrogen-bond acceptors (Lipinski definition) is 4. The highest BCUT2D eigenvalue weighted by molar-refractivity contribution is 6.34. The van der Waals surface area contributed by atoms with Crippen LogP contribution in [0, 0.1) is 18.8 Å². The number of aryl methyl sites for hydroxylation is 1. The quantitative estimate of drug-likeness (QED) is 0.590. The summed E-state index contributed by atoms with van der Waals surface area (Å²) in [5.41, 5.74) is 1.52. The van der Waals surface area contributed by atoms with Gasteiger partial charge in [-0.25, -0.2) is 9.97 Å². The number of aromatic nitrogens is 3. The van der Waals surface area contributed by atoms with Crippen molar-refractivity contribution >= 4 is 39.9 Å². The van der Waals surface area contributed by atoms with Crippen LogP contribution >= 0.6 is 23.2 Å². The van der Waals surface area contributed by atoms with E-state index in [4.69, 9.17) is 23.2 Å². The summed E-state index contributed by atoms with van der Waals surface area (Å²) in [6.07, 6.45) is 4.02. The molecule has 1 saturated heterocycles. The van der Waals surface area contributed by atoms with Crippen LogP contribution in [0.25, 0.3) is 10.9 Å². The van der Waals surface area contributed by atoms with Gasteiger partial charge in [-0.3, -0.25) is 0 Å². The molecule has 0 N–H and O–H groups in total. The summed E-state index contributed by atoms with van der Waals surface area (Å²) in [5, 5.41) is 1.59. The minimum absolute atomic E-state index is 0.239. The SMILES string of the molecule is Cc1cc2c(N3CC4CCC(C4)C3)nc(Cl)nc2c(Cl)n1. The van der Waals surface area contributed by atoms with Crippen LogP contribution in [0.5, 0.6) is 0 Å². The molecule has 6 heteroatoms. The second-order valence-electron chi connectivity index (χ2n) is 6.22. The van der Waals surface area contributed by atoms with Gasteiger partial charge in [-0.15, -0.1) is 0 Å². The second kappa shape index (κ2) is 4.96. The summed E-state index contributed by atoms with van der Waals surface area (Å²) in [6, 6.07) is 2.00. The van der Waals surface area contributed by atoms with Crippen LogP contribution in [0.15, 0.2) is 6.07 Å². The molecule has 0 amide bonds. The number of pyridine rings is 1. The van der Waals surface area contributed by atoms with Gasteiger partial charge in [0.15, 0.2) is 5.15 Å². The summed E-state index contributed by atoms with van der Waals surface area (Å²) in [5.74, 6) is 2.48. The van der Waals surface area contributed by atoms with Crippen LogP contribution in [0.1, 0.15) is 25.0 Å². The van der Waals surface area contributed by atoms with Crippen molar-refractivity contribution < 1.29 is 0 Å². The Labute approximate surface area is 133 Å². The lowest BCUT2D eigenvalue weighted by Crippen LogP contribution is -2.37. The summed E-state index contributed by atoms with van der Waals surface area (Å²) >= 11 is 12.3. The number of rotatable bonds is 1. The average molecular weight is 323 g/mol. The van der Waals surface area contributed by atoms with Crippen molar-refractivity contribution in [1.82, 2.24) is 15.0 Å². The molecule has 4 nitrogen and oxygen atoms in total. The van der Waals surface area contributed by atoms with E-state index >= 15 is 0 Å². The smallest absolute Gasteiger partial charge is 0.225 e. The molecule has 1 aliphatic heterocycles. The highest BCUT2D eigenvalue weighted by Crippen LogP contribution is 2.39. The maximum absolute atomic E-state index is 6.24. The van der Waals surface area contributed by atoms with Gasteiger partial charge >= 0.3 is 0 Å². The zero-order valence-electron chi connectivity index (χ0n) is 11.8. The van der Waals surface area contributed by atoms with Crippen LogP contribution < -0.4 is 4.90 Å². The second-order valence-corrected chi connectivity index (χ2v) is 6.91. The summed E-state index contributed by atoms with van der Waals surface area (Å²) in [4.78, 5) is 15.4. The number of fused-ring (bicyclic) bond motifs is 3. The minimum atomic E-state index is 0.239. The average Bonchev–Trinajstić information content (AvgIpc) is 2.77. The monoisotopic (exact) mass is 322 g/mol. The van der Waals surface area contributed by atoms with Crippen LogP contribution in [0.2, 0.25) is 10.4 Å². The maximum Gasteiger partial charge on any atom is 0.225 e. The van der Waals surface area contributed by atoms with Gasteiger partial charge in [0.05, 0.1) is 0 Å². The molecular weight excluding hydrogens is 307 g/mol. The van der Waals surface area contributed by atoms with Crippen molar-refractivity contribution in [1.29, 1.82) is 0 Å². The van der Waals surface area contributed by atoms with E-state index in [1.54, 1.807) is 0 Å². The topological polar surface area (TPSA) is 41.9 Å². The standard InChI is InChI=1S/C15H16Cl2N4/c1-8-4-11-12(13(16)18-8)19-15(17)20-14(11)21-6-9-2-3-10(5-9)7-21/h4,9-10H,2-3,5-7H2,1H3. The van der Waals surface area contributed by atoms with Gasteiger partial charge in [0.25, 0.3) is 0 Å². The lowest BCUT2D eigenvalue weighted by Gasteiger charge is -2.33. The summed E-state index contributed by atoms with van der Waals surface area (Å²) in [7, 11) is 0. The third-order valence-electron chi connectivity index (χ3n) is 4.63. The molecule has 2 fully saturated rings. The van der Waals surface area contributed by atoms with Gasteiger partial charge in [0.2, 0.25) is 5.28 Å². The molecule has 2 bridgehead atoms. The molecular formula is C15H16Cl2N4. The van der Waals surface area contributed by atoms with E-state index in [9.17, 15) is 0 Å². The number of halogens is 2. The van der Waals surface area contributed by atoms with Crippen molar-refractivity contribution in [3.8, 4) is 0 Å². The number of anilines is 1. The van der Waals surface area contributed by atoms with Gasteiger partial charge in [0, 0.05) is 24.2 Å². The van der Waals surface area contributed by atoms with Gasteiger partial charge < -0.3 is 4.90 Å². The Kier molecular flexibility index (Phi) is 3.19. The first-order chi connectivity index (χ1) is 10.1. The lowest BCUT2D eigenvalue weighted by atomic mass is 9.98. The lowest BCUT2D eigenvalue weighted by molar-refractivity contribution is 0.420. The van der Waals surface area contributed by atoms with Crippen LogP contribution in [0.4, 0.5) is 5.82 Å². The predicted molar refractivity (Wildman–Crippen MR) is 85.1 cm³/mol. The number of nitrogens with zero attached hydrogens (tertiary/aromatic N) is 4. The molecule has 1 saturated carbocycles. The zero-order chi connectivity index (χ0) is 14.6. The number of piperidine rings is 1. The normalized spacial score (nSPS) is 24.8. The van der Waals surface area contributed by atoms with Crippen molar-refractivity contribution in [2.45, 2.75) is 26.2 Å². The van der Waals surface area contributed by atoms with E-state index in [2.05, 4.69) is 19.9 Å². The van der Waals surface area contributed by atoms with Crippen LogP contribution in [0.3, 0.4) is 0 Å². The van der Waals surface area contributed by atoms with Crippen molar-refractivity contribution in [3.63, 3.8) is 0 Å². The van der Waals surface area contributed by atoms with E-state index in [0.717, 1.165) is 41.8 Å². The van der Waals surface area contributed by atoms with E-state index in [0.29, 0.717) is 10.7 Å². The van der Waals surface area contributed by atoms with Crippen LogP contribution in [-0.4, -0.2) is 28.0 Å². The molecule has 110 valence electrons. The molecule has 2 atom stereocenters. The molecule has 4 rings (SSSR count). The van der Waals surface area contributed by atoms with Gasteiger partial charge in [-0.2, -0.15) is 4.98 Å². The predicted octanol–water partition coefficient (Wildman–Crippen LogP) is 3.88. The third-order valence-corrected chi connectivity index (χ3v) is 5.06. The molecule has 1 aliphatic carbocycles. The number of hydrogen-bond donors (Lipinski definition) is 0. The van der Waals surface area contributed by atoms with Gasteiger partial charge in [-0.1, -0.05) is 11.6 Å². The van der Waals surface area contributed by atoms with Crippen molar-refractivity contribution in [3.05, 3.63) is 22.2 Å². The van der Waals surface area contributed by atoms with Crippen molar-refractivity contribution in [2.24, 2.45) is 11.8 Å². The van der Waals surface area contributed by atoms with E-state index < -0.39 is 0 Å². The van der Waals surface area contributed by atoms with Gasteiger partial charge in [-0.05, 0) is 55.7 Å². The molecule has 2 aromatic rings. The van der Waals surface area contributed by atoms with Crippen molar-refractivity contribution in [2.75, 3.05) is 18.0 Å². The van der Waals surface area contributed by atoms with Crippen LogP contribution in [-0.2, 0) is 0 Å². The zero-order valence-corrected chi connectivity index (χ0v) is 13.3. The van der Waals surface area contributed by atoms with Gasteiger partial charge in [0.1, 0.15) is 11.3 Å². The molecule has 0 spiro atoms. The third kappa shape index (κ3) is 2.34. The first kappa shape index (κ1) is 13.5. The Balaban J connectivity index is 1.87. The fraction of sp³-hybridized carbons (Fsp3) is 0.533. The molecule has 0 radical (unpaired) electrons. The minimum Gasteiger partial charge on any atom is -0.355 e. The Hall–Kier alpha value is -1.13. The highest BCUT2D eigenvalue weighted by Gasteiger charge is 2.34. The van der Waals surface area contributed by atoms with E-state index in [1.807, 2.05) is 13.0 Å². The first-order valence-corrected chi connectivity index (χ1v) is 8.11. The summed E-state index contributed by atoms with van der Waals surface area (Å²) < 4.78 is 0. The fourth-order valence-electron chi connectivity index (χ4n) is 3.79. The molecule has 3 heterocycles. The Morgan fingerprint density at radius 2 is 1.81 bits per heavy atom. The molecule has 2 aromatic heterocycles. The maximum atomic E-state index is 6.24.